The molecule has 4 N–H and O–H groups in total. The van der Waals surface area contributed by atoms with Crippen molar-refractivity contribution in [1.29, 1.82) is 0 Å². The van der Waals surface area contributed by atoms with E-state index in [9.17, 15) is 14.4 Å². The summed E-state index contributed by atoms with van der Waals surface area (Å²) in [5, 5.41) is 15.6. The molecule has 3 amide bonds. The molecule has 1 aromatic heterocycles. The number of carbonyl (C=O) groups is 3. The van der Waals surface area contributed by atoms with E-state index in [1.165, 1.54) is 23.1 Å². The van der Waals surface area contributed by atoms with Crippen LogP contribution in [-0.4, -0.2) is 66.5 Å². The standard InChI is InChI=1S/C19H22N4O4S2.CH4O/c24-16-7-11(9-20-16)18(26)22-13-1-2-14-15(8-13)29-19(23-14)28-10-17(25)21-12-3-5-27-6-4-12;1-2/h1-2,8,11-12H,3-7,9-10H2,(H,20,24)(H,21,25)(H,22,26);2H,1H3. The van der Waals surface area contributed by atoms with Crippen LogP contribution in [0.3, 0.4) is 0 Å². The summed E-state index contributed by atoms with van der Waals surface area (Å²) in [5.41, 5.74) is 1.51. The lowest BCUT2D eigenvalue weighted by Crippen LogP contribution is -2.39. The van der Waals surface area contributed by atoms with Crippen LogP contribution in [0.2, 0.25) is 0 Å². The molecule has 2 aliphatic heterocycles. The fourth-order valence-corrected chi connectivity index (χ4v) is 5.24. The number of rotatable bonds is 6. The van der Waals surface area contributed by atoms with Gasteiger partial charge < -0.3 is 25.8 Å². The highest BCUT2D eigenvalue weighted by Gasteiger charge is 2.28. The van der Waals surface area contributed by atoms with Gasteiger partial charge in [-0.2, -0.15) is 0 Å². The Kier molecular flexibility index (Phi) is 8.64. The van der Waals surface area contributed by atoms with Crippen molar-refractivity contribution in [2.75, 3.05) is 37.9 Å². The second kappa shape index (κ2) is 11.4. The number of benzene rings is 1. The Balaban J connectivity index is 0.00000132. The number of hydrogen-bond donors (Lipinski definition) is 4. The molecule has 4 rings (SSSR count). The van der Waals surface area contributed by atoms with Gasteiger partial charge >= 0.3 is 0 Å². The maximum absolute atomic E-state index is 12.3. The number of thioether (sulfide) groups is 1. The molecule has 0 spiro atoms. The van der Waals surface area contributed by atoms with E-state index in [4.69, 9.17) is 9.84 Å². The van der Waals surface area contributed by atoms with Crippen molar-refractivity contribution in [1.82, 2.24) is 15.6 Å². The number of anilines is 1. The van der Waals surface area contributed by atoms with Gasteiger partial charge in [0.2, 0.25) is 17.7 Å². The van der Waals surface area contributed by atoms with E-state index in [2.05, 4.69) is 20.9 Å². The van der Waals surface area contributed by atoms with Crippen LogP contribution in [0.15, 0.2) is 22.5 Å². The van der Waals surface area contributed by atoms with Crippen molar-refractivity contribution in [3.8, 4) is 0 Å². The Hall–Kier alpha value is -2.21. The summed E-state index contributed by atoms with van der Waals surface area (Å²) in [5.74, 6) is -0.255. The highest BCUT2D eigenvalue weighted by Crippen LogP contribution is 2.31. The number of thiazole rings is 1. The fraction of sp³-hybridized carbons (Fsp3) is 0.500. The number of ether oxygens (including phenoxy) is 1. The molecule has 2 aliphatic rings. The van der Waals surface area contributed by atoms with Crippen LogP contribution >= 0.6 is 23.1 Å². The number of aliphatic hydroxyl groups excluding tert-OH is 1. The number of fused-ring (bicyclic) bond motifs is 1. The van der Waals surface area contributed by atoms with E-state index in [0.29, 0.717) is 31.2 Å². The molecule has 2 saturated heterocycles. The van der Waals surface area contributed by atoms with E-state index in [0.717, 1.165) is 34.5 Å². The lowest BCUT2D eigenvalue weighted by molar-refractivity contribution is -0.123. The zero-order valence-corrected chi connectivity index (χ0v) is 18.8. The smallest absolute Gasteiger partial charge is 0.230 e. The van der Waals surface area contributed by atoms with E-state index >= 15 is 0 Å². The van der Waals surface area contributed by atoms with Crippen molar-refractivity contribution in [3.05, 3.63) is 18.2 Å². The van der Waals surface area contributed by atoms with E-state index in [1.807, 2.05) is 12.1 Å². The van der Waals surface area contributed by atoms with Crippen molar-refractivity contribution >= 4 is 56.7 Å². The lowest BCUT2D eigenvalue weighted by Gasteiger charge is -2.22. The number of carbonyl (C=O) groups excluding carboxylic acids is 3. The van der Waals surface area contributed by atoms with Gasteiger partial charge in [0.15, 0.2) is 4.34 Å². The van der Waals surface area contributed by atoms with Crippen LogP contribution in [0.4, 0.5) is 5.69 Å². The molecule has 2 fully saturated rings. The third kappa shape index (κ3) is 6.63. The molecule has 0 aliphatic carbocycles. The third-order valence-corrected chi connectivity index (χ3v) is 7.06. The summed E-state index contributed by atoms with van der Waals surface area (Å²) in [7, 11) is 1.00. The predicted molar refractivity (Wildman–Crippen MR) is 120 cm³/mol. The Morgan fingerprint density at radius 1 is 1.32 bits per heavy atom. The van der Waals surface area contributed by atoms with Crippen LogP contribution in [0.1, 0.15) is 19.3 Å². The van der Waals surface area contributed by atoms with Crippen LogP contribution < -0.4 is 16.0 Å². The predicted octanol–water partition coefficient (Wildman–Crippen LogP) is 1.37. The van der Waals surface area contributed by atoms with Crippen LogP contribution in [0, 0.1) is 5.92 Å². The van der Waals surface area contributed by atoms with Gasteiger partial charge in [-0.25, -0.2) is 4.98 Å². The molecular formula is C20H26N4O5S2. The van der Waals surface area contributed by atoms with Crippen LogP contribution in [0.5, 0.6) is 0 Å². The monoisotopic (exact) mass is 466 g/mol. The first kappa shape index (κ1) is 23.5. The average molecular weight is 467 g/mol. The number of aromatic nitrogens is 1. The Morgan fingerprint density at radius 3 is 2.81 bits per heavy atom. The molecule has 2 aromatic rings. The van der Waals surface area contributed by atoms with Gasteiger partial charge in [0.1, 0.15) is 0 Å². The zero-order chi connectivity index (χ0) is 22.2. The molecule has 0 radical (unpaired) electrons. The average Bonchev–Trinajstić information content (AvgIpc) is 3.40. The summed E-state index contributed by atoms with van der Waals surface area (Å²) in [4.78, 5) is 40.3. The minimum Gasteiger partial charge on any atom is -0.400 e. The molecule has 11 heteroatoms. The normalized spacial score (nSPS) is 18.8. The van der Waals surface area contributed by atoms with Gasteiger partial charge in [-0.05, 0) is 31.0 Å². The Labute approximate surface area is 188 Å². The van der Waals surface area contributed by atoms with E-state index < -0.39 is 0 Å². The van der Waals surface area contributed by atoms with E-state index in [1.54, 1.807) is 6.07 Å². The summed E-state index contributed by atoms with van der Waals surface area (Å²) in [6.07, 6.45) is 1.94. The number of amides is 3. The quantitative estimate of drug-likeness (QED) is 0.473. The van der Waals surface area contributed by atoms with Crippen molar-refractivity contribution in [2.45, 2.75) is 29.6 Å². The van der Waals surface area contributed by atoms with Crippen LogP contribution in [-0.2, 0) is 19.1 Å². The van der Waals surface area contributed by atoms with Gasteiger partial charge in [0.05, 0.1) is 21.9 Å². The summed E-state index contributed by atoms with van der Waals surface area (Å²) in [6.45, 7) is 1.77. The molecular weight excluding hydrogens is 440 g/mol. The molecule has 0 bridgehead atoms. The highest BCUT2D eigenvalue weighted by molar-refractivity contribution is 8.01. The molecule has 1 aromatic carbocycles. The summed E-state index contributed by atoms with van der Waals surface area (Å²) >= 11 is 2.91. The van der Waals surface area contributed by atoms with Gasteiger partial charge in [0, 0.05) is 45.0 Å². The van der Waals surface area contributed by atoms with Crippen molar-refractivity contribution < 1.29 is 24.2 Å². The van der Waals surface area contributed by atoms with Crippen molar-refractivity contribution in [3.63, 3.8) is 0 Å². The first-order valence-electron chi connectivity index (χ1n) is 9.99. The SMILES string of the molecule is CO.O=C1CC(C(=O)Nc2ccc3nc(SCC(=O)NC4CCOCC4)sc3c2)CN1. The molecule has 168 valence electrons. The fourth-order valence-electron chi connectivity index (χ4n) is 3.32. The number of hydrogen-bond acceptors (Lipinski definition) is 8. The first-order chi connectivity index (χ1) is 15.1. The maximum Gasteiger partial charge on any atom is 0.230 e. The first-order valence-corrected chi connectivity index (χ1v) is 11.8. The number of aliphatic hydroxyl groups is 1. The minimum atomic E-state index is -0.333. The molecule has 1 atom stereocenters. The summed E-state index contributed by atoms with van der Waals surface area (Å²) < 4.78 is 7.06. The van der Waals surface area contributed by atoms with E-state index in [-0.39, 0.29) is 36.1 Å². The lowest BCUT2D eigenvalue weighted by atomic mass is 10.1. The third-order valence-electron chi connectivity index (χ3n) is 4.90. The molecule has 9 nitrogen and oxygen atoms in total. The topological polar surface area (TPSA) is 130 Å². The van der Waals surface area contributed by atoms with Crippen LogP contribution in [0.25, 0.3) is 10.2 Å². The zero-order valence-electron chi connectivity index (χ0n) is 17.2. The molecule has 0 saturated carbocycles. The summed E-state index contributed by atoms with van der Waals surface area (Å²) in [6, 6.07) is 5.73. The number of nitrogens with one attached hydrogen (secondary N) is 3. The highest BCUT2D eigenvalue weighted by atomic mass is 32.2. The Bertz CT molecular complexity index is 929. The molecule has 1 unspecified atom stereocenters. The maximum atomic E-state index is 12.3. The second-order valence-corrected chi connectivity index (χ2v) is 9.35. The van der Waals surface area contributed by atoms with Gasteiger partial charge in [0.25, 0.3) is 0 Å². The van der Waals surface area contributed by atoms with Gasteiger partial charge in [-0.15, -0.1) is 11.3 Å². The number of nitrogens with zero attached hydrogens (tertiary/aromatic N) is 1. The Morgan fingerprint density at radius 2 is 2.10 bits per heavy atom. The largest absolute Gasteiger partial charge is 0.400 e. The van der Waals surface area contributed by atoms with Gasteiger partial charge in [-0.1, -0.05) is 11.8 Å². The minimum absolute atomic E-state index is 0.00817. The molecule has 31 heavy (non-hydrogen) atoms. The molecule has 3 heterocycles. The second-order valence-electron chi connectivity index (χ2n) is 7.10. The van der Waals surface area contributed by atoms with Gasteiger partial charge in [-0.3, -0.25) is 14.4 Å². The van der Waals surface area contributed by atoms with Crippen molar-refractivity contribution in [2.24, 2.45) is 5.92 Å².